The summed E-state index contributed by atoms with van der Waals surface area (Å²) in [6, 6.07) is 0. The van der Waals surface area contributed by atoms with E-state index in [1.807, 2.05) is 0 Å². The van der Waals surface area contributed by atoms with Crippen molar-refractivity contribution in [3.05, 3.63) is 34.4 Å². The summed E-state index contributed by atoms with van der Waals surface area (Å²) in [6.45, 7) is -0.0731. The maximum absolute atomic E-state index is 14.1. The van der Waals surface area contributed by atoms with Crippen molar-refractivity contribution in [2.75, 3.05) is 6.61 Å². The molecule has 0 amide bonds. The second kappa shape index (κ2) is 6.95. The van der Waals surface area contributed by atoms with Crippen LogP contribution in [0.3, 0.4) is 0 Å². The smallest absolute Gasteiger partial charge is 0.167 e. The zero-order valence-electron chi connectivity index (χ0n) is 12.4. The number of hydrogen-bond acceptors (Lipinski definition) is 2. The number of halogens is 5. The second-order valence-corrected chi connectivity index (χ2v) is 6.60. The molecule has 1 aromatic carbocycles. The third kappa shape index (κ3) is 3.64. The molecule has 1 heterocycles. The van der Waals surface area contributed by atoms with E-state index >= 15 is 0 Å². The van der Waals surface area contributed by atoms with E-state index in [0.717, 1.165) is 12.8 Å². The lowest BCUT2D eigenvalue weighted by molar-refractivity contribution is -0.169. The van der Waals surface area contributed by atoms with E-state index in [9.17, 15) is 17.6 Å². The molecule has 0 aromatic heterocycles. The lowest BCUT2D eigenvalue weighted by atomic mass is 10.0. The Morgan fingerprint density at radius 2 is 1.61 bits per heavy atom. The predicted octanol–water partition coefficient (Wildman–Crippen LogP) is 4.46. The normalized spacial score (nSPS) is 27.3. The van der Waals surface area contributed by atoms with Crippen LogP contribution in [0.2, 0.25) is 0 Å². The Kier molecular flexibility index (Phi) is 5.13. The van der Waals surface area contributed by atoms with E-state index in [0.29, 0.717) is 19.4 Å². The molecule has 23 heavy (non-hydrogen) atoms. The van der Waals surface area contributed by atoms with Crippen LogP contribution in [-0.2, 0) is 22.5 Å². The lowest BCUT2D eigenvalue weighted by Crippen LogP contribution is -2.23. The molecule has 1 aliphatic carbocycles. The van der Waals surface area contributed by atoms with Crippen molar-refractivity contribution in [3.8, 4) is 0 Å². The number of ether oxygens (including phenoxy) is 2. The zero-order chi connectivity index (χ0) is 16.6. The molecule has 3 rings (SSSR count). The molecule has 0 bridgehead atoms. The van der Waals surface area contributed by atoms with Gasteiger partial charge in [-0.2, -0.15) is 0 Å². The van der Waals surface area contributed by atoms with Gasteiger partial charge in [0.15, 0.2) is 29.6 Å². The molecule has 1 aromatic rings. The molecule has 2 fully saturated rings. The van der Waals surface area contributed by atoms with Crippen molar-refractivity contribution in [1.82, 2.24) is 0 Å². The molecule has 2 nitrogen and oxygen atoms in total. The highest BCUT2D eigenvalue weighted by Crippen LogP contribution is 2.40. The Morgan fingerprint density at radius 1 is 1.00 bits per heavy atom. The molecule has 7 heteroatoms. The number of benzene rings is 1. The van der Waals surface area contributed by atoms with Gasteiger partial charge >= 0.3 is 0 Å². The summed E-state index contributed by atoms with van der Waals surface area (Å²) >= 11 is 5.79. The van der Waals surface area contributed by atoms with Crippen molar-refractivity contribution in [3.63, 3.8) is 0 Å². The Balaban J connectivity index is 1.77. The van der Waals surface area contributed by atoms with Gasteiger partial charge in [0.05, 0.1) is 12.2 Å². The van der Waals surface area contributed by atoms with Crippen molar-refractivity contribution in [2.45, 2.75) is 50.4 Å². The van der Waals surface area contributed by atoms with Crippen molar-refractivity contribution < 1.29 is 27.0 Å². The van der Waals surface area contributed by atoms with E-state index in [1.54, 1.807) is 0 Å². The Bertz CT molecular complexity index is 561. The fourth-order valence-electron chi connectivity index (χ4n) is 2.73. The highest BCUT2D eigenvalue weighted by Gasteiger charge is 2.38. The van der Waals surface area contributed by atoms with Crippen LogP contribution in [-0.4, -0.2) is 18.3 Å². The van der Waals surface area contributed by atoms with Gasteiger partial charge in [0, 0.05) is 17.5 Å². The van der Waals surface area contributed by atoms with Crippen LogP contribution < -0.4 is 0 Å². The summed E-state index contributed by atoms with van der Waals surface area (Å²) in [7, 11) is 0. The van der Waals surface area contributed by atoms with Gasteiger partial charge in [-0.1, -0.05) is 0 Å². The van der Waals surface area contributed by atoms with E-state index in [2.05, 4.69) is 0 Å². The highest BCUT2D eigenvalue weighted by atomic mass is 35.5. The van der Waals surface area contributed by atoms with Crippen LogP contribution in [0.4, 0.5) is 17.6 Å². The van der Waals surface area contributed by atoms with Gasteiger partial charge in [-0.05, 0) is 38.0 Å². The van der Waals surface area contributed by atoms with E-state index in [-0.39, 0.29) is 17.7 Å². The third-order valence-corrected chi connectivity index (χ3v) is 4.83. The maximum atomic E-state index is 14.1. The summed E-state index contributed by atoms with van der Waals surface area (Å²) in [5.74, 6) is -5.66. The first-order chi connectivity index (χ1) is 11.0. The van der Waals surface area contributed by atoms with Crippen LogP contribution in [0.15, 0.2) is 0 Å². The minimum absolute atomic E-state index is 0.105. The molecule has 0 radical (unpaired) electrons. The van der Waals surface area contributed by atoms with Crippen LogP contribution in [0.25, 0.3) is 0 Å². The molecule has 3 atom stereocenters. The fourth-order valence-corrected chi connectivity index (χ4v) is 3.05. The maximum Gasteiger partial charge on any atom is 0.167 e. The SMILES string of the molecule is Fc1c(F)c(CC2CC2Cl)c(F)c(F)c1COC1CCCCO1. The van der Waals surface area contributed by atoms with E-state index in [4.69, 9.17) is 21.1 Å². The molecule has 1 saturated carbocycles. The van der Waals surface area contributed by atoms with E-state index < -0.39 is 47.3 Å². The van der Waals surface area contributed by atoms with Crippen LogP contribution in [0, 0.1) is 29.2 Å². The van der Waals surface area contributed by atoms with Gasteiger partial charge in [0.1, 0.15) is 0 Å². The van der Waals surface area contributed by atoms with Crippen molar-refractivity contribution >= 4 is 11.6 Å². The second-order valence-electron chi connectivity index (χ2n) is 6.04. The van der Waals surface area contributed by atoms with Crippen molar-refractivity contribution in [2.24, 2.45) is 5.92 Å². The fraction of sp³-hybridized carbons (Fsp3) is 0.625. The van der Waals surface area contributed by atoms with Crippen LogP contribution >= 0.6 is 11.6 Å². The Labute approximate surface area is 136 Å². The molecule has 128 valence electrons. The predicted molar refractivity (Wildman–Crippen MR) is 76.1 cm³/mol. The quantitative estimate of drug-likeness (QED) is 0.442. The van der Waals surface area contributed by atoms with E-state index in [1.165, 1.54) is 0 Å². The minimum atomic E-state index is -1.40. The highest BCUT2D eigenvalue weighted by molar-refractivity contribution is 6.22. The molecule has 1 aliphatic heterocycles. The molecule has 2 aliphatic rings. The standard InChI is InChI=1S/C16H17ClF4O2/c17-11-6-8(11)5-9-13(18)15(20)10(16(21)14(9)19)7-23-12-3-1-2-4-22-12/h8,11-12H,1-7H2. The average molecular weight is 353 g/mol. The van der Waals surface area contributed by atoms with Gasteiger partial charge in [-0.3, -0.25) is 0 Å². The molecule has 0 N–H and O–H groups in total. The first-order valence-corrected chi connectivity index (χ1v) is 8.13. The molecular formula is C16H17ClF4O2. The number of hydrogen-bond donors (Lipinski definition) is 0. The third-order valence-electron chi connectivity index (χ3n) is 4.30. The molecule has 1 saturated heterocycles. The summed E-state index contributed by atoms with van der Waals surface area (Å²) in [6.07, 6.45) is 2.24. The molecular weight excluding hydrogens is 336 g/mol. The van der Waals surface area contributed by atoms with Crippen molar-refractivity contribution in [1.29, 1.82) is 0 Å². The van der Waals surface area contributed by atoms with Gasteiger partial charge in [0.2, 0.25) is 0 Å². The van der Waals surface area contributed by atoms with Gasteiger partial charge in [-0.25, -0.2) is 17.6 Å². The number of alkyl halides is 1. The van der Waals surface area contributed by atoms with Crippen LogP contribution in [0.1, 0.15) is 36.8 Å². The minimum Gasteiger partial charge on any atom is -0.353 e. The number of rotatable bonds is 5. The first kappa shape index (κ1) is 17.0. The lowest BCUT2D eigenvalue weighted by Gasteiger charge is -2.23. The molecule has 0 spiro atoms. The topological polar surface area (TPSA) is 18.5 Å². The zero-order valence-corrected chi connectivity index (χ0v) is 13.1. The Hall–Kier alpha value is -0.850. The summed E-state index contributed by atoms with van der Waals surface area (Å²) < 4.78 is 66.8. The summed E-state index contributed by atoms with van der Waals surface area (Å²) in [5.41, 5.74) is -1.32. The largest absolute Gasteiger partial charge is 0.353 e. The average Bonchev–Trinajstić information content (AvgIpc) is 3.26. The Morgan fingerprint density at radius 3 is 2.13 bits per heavy atom. The monoisotopic (exact) mass is 352 g/mol. The van der Waals surface area contributed by atoms with Gasteiger partial charge in [-0.15, -0.1) is 11.6 Å². The first-order valence-electron chi connectivity index (χ1n) is 7.70. The molecule has 3 unspecified atom stereocenters. The van der Waals surface area contributed by atoms with Gasteiger partial charge < -0.3 is 9.47 Å². The summed E-state index contributed by atoms with van der Waals surface area (Å²) in [4.78, 5) is 0. The van der Waals surface area contributed by atoms with Gasteiger partial charge in [0.25, 0.3) is 0 Å². The summed E-state index contributed by atoms with van der Waals surface area (Å²) in [5, 5.41) is -0.189. The van der Waals surface area contributed by atoms with Crippen LogP contribution in [0.5, 0.6) is 0 Å².